The van der Waals surface area contributed by atoms with Gasteiger partial charge in [-0.2, -0.15) is 0 Å². The Morgan fingerprint density at radius 2 is 1.73 bits per heavy atom. The van der Waals surface area contributed by atoms with Crippen LogP contribution in [-0.4, -0.2) is 54.8 Å². The number of nitrogens with zero attached hydrogens (tertiary/aromatic N) is 1. The van der Waals surface area contributed by atoms with E-state index < -0.39 is 9.28 Å². The van der Waals surface area contributed by atoms with Crippen molar-refractivity contribution in [2.45, 2.75) is 38.6 Å². The van der Waals surface area contributed by atoms with Crippen LogP contribution in [0.25, 0.3) is 0 Å². The highest BCUT2D eigenvalue weighted by Gasteiger charge is 2.20. The molecule has 0 aromatic rings. The first kappa shape index (κ1) is 15.1. The van der Waals surface area contributed by atoms with E-state index in [0.717, 1.165) is 12.5 Å². The second kappa shape index (κ2) is 8.24. The topological polar surface area (TPSA) is 30.9 Å². The van der Waals surface area contributed by atoms with Crippen LogP contribution >= 0.6 is 0 Å². The summed E-state index contributed by atoms with van der Waals surface area (Å²) in [5.74, 6) is 0. The first-order valence-corrected chi connectivity index (χ1v) is 7.18. The standard InChI is InChI=1S/C10H25NO3Si/c1-7-10(8-15(12-5)13-6)14-9(2)11(3)4/h9-10,15H,7-8H2,1-6H3. The monoisotopic (exact) mass is 235 g/mol. The van der Waals surface area contributed by atoms with Crippen LogP contribution in [0, 0.1) is 0 Å². The zero-order chi connectivity index (χ0) is 11.8. The summed E-state index contributed by atoms with van der Waals surface area (Å²) >= 11 is 0. The first-order valence-electron chi connectivity index (χ1n) is 5.42. The van der Waals surface area contributed by atoms with E-state index in [1.165, 1.54) is 0 Å². The Labute approximate surface area is 95.3 Å². The molecule has 0 saturated heterocycles. The fourth-order valence-corrected chi connectivity index (χ4v) is 2.67. The third-order valence-electron chi connectivity index (χ3n) is 2.55. The summed E-state index contributed by atoms with van der Waals surface area (Å²) in [4.78, 5) is 2.05. The summed E-state index contributed by atoms with van der Waals surface area (Å²) in [7, 11) is 5.95. The molecule has 0 radical (unpaired) electrons. The van der Waals surface area contributed by atoms with Crippen LogP contribution in [0.2, 0.25) is 6.04 Å². The maximum atomic E-state index is 5.90. The lowest BCUT2D eigenvalue weighted by Gasteiger charge is -2.27. The molecule has 0 aliphatic rings. The van der Waals surface area contributed by atoms with Crippen molar-refractivity contribution in [3.8, 4) is 0 Å². The lowest BCUT2D eigenvalue weighted by Crippen LogP contribution is -2.34. The number of ether oxygens (including phenoxy) is 1. The van der Waals surface area contributed by atoms with Crippen molar-refractivity contribution in [1.82, 2.24) is 4.90 Å². The molecule has 0 heterocycles. The molecule has 0 bridgehead atoms. The maximum absolute atomic E-state index is 5.90. The van der Waals surface area contributed by atoms with Crippen molar-refractivity contribution < 1.29 is 13.6 Å². The minimum Gasteiger partial charge on any atom is -0.400 e. The average molecular weight is 235 g/mol. The van der Waals surface area contributed by atoms with Crippen LogP contribution in [0.15, 0.2) is 0 Å². The third-order valence-corrected chi connectivity index (χ3v) is 4.52. The fraction of sp³-hybridized carbons (Fsp3) is 1.00. The Hall–Kier alpha value is 0.0569. The van der Waals surface area contributed by atoms with Gasteiger partial charge in [0.05, 0.1) is 6.10 Å². The van der Waals surface area contributed by atoms with Gasteiger partial charge in [0.15, 0.2) is 0 Å². The molecular weight excluding hydrogens is 210 g/mol. The van der Waals surface area contributed by atoms with E-state index in [2.05, 4.69) is 18.7 Å². The molecule has 0 rings (SSSR count). The molecule has 0 fully saturated rings. The molecule has 0 saturated carbocycles. The Balaban J connectivity index is 4.01. The van der Waals surface area contributed by atoms with Crippen molar-refractivity contribution in [1.29, 1.82) is 0 Å². The summed E-state index contributed by atoms with van der Waals surface area (Å²) in [5, 5.41) is 0. The van der Waals surface area contributed by atoms with Gasteiger partial charge in [-0.15, -0.1) is 0 Å². The quantitative estimate of drug-likeness (QED) is 0.467. The normalized spacial score (nSPS) is 16.0. The molecule has 2 unspecified atom stereocenters. The summed E-state index contributed by atoms with van der Waals surface area (Å²) in [5.41, 5.74) is 0. The summed E-state index contributed by atoms with van der Waals surface area (Å²) < 4.78 is 16.5. The minimum atomic E-state index is -1.50. The number of rotatable bonds is 8. The van der Waals surface area contributed by atoms with Gasteiger partial charge in [-0.3, -0.25) is 4.90 Å². The molecule has 0 aromatic carbocycles. The van der Waals surface area contributed by atoms with Crippen LogP contribution in [-0.2, 0) is 13.6 Å². The van der Waals surface area contributed by atoms with E-state index in [1.54, 1.807) is 14.2 Å². The Kier molecular flexibility index (Phi) is 8.27. The number of hydrogen-bond acceptors (Lipinski definition) is 4. The molecule has 0 amide bonds. The third kappa shape index (κ3) is 6.27. The molecule has 0 aliphatic heterocycles. The van der Waals surface area contributed by atoms with Gasteiger partial charge in [0, 0.05) is 20.3 Å². The van der Waals surface area contributed by atoms with Gasteiger partial charge in [0.1, 0.15) is 6.23 Å². The zero-order valence-corrected chi connectivity index (χ0v) is 12.0. The van der Waals surface area contributed by atoms with Crippen LogP contribution in [0.5, 0.6) is 0 Å². The molecule has 0 N–H and O–H groups in total. The summed E-state index contributed by atoms with van der Waals surface area (Å²) in [6.07, 6.45) is 1.37. The molecule has 0 aromatic heterocycles. The van der Waals surface area contributed by atoms with E-state index in [4.69, 9.17) is 13.6 Å². The second-order valence-electron chi connectivity index (χ2n) is 3.87. The van der Waals surface area contributed by atoms with Gasteiger partial charge in [0.2, 0.25) is 0 Å². The smallest absolute Gasteiger partial charge is 0.323 e. The zero-order valence-electron chi connectivity index (χ0n) is 10.8. The van der Waals surface area contributed by atoms with Crippen LogP contribution in [0.4, 0.5) is 0 Å². The summed E-state index contributed by atoms with van der Waals surface area (Å²) in [6.45, 7) is 4.18. The summed E-state index contributed by atoms with van der Waals surface area (Å²) in [6, 6.07) is 0.904. The van der Waals surface area contributed by atoms with Gasteiger partial charge in [-0.1, -0.05) is 6.92 Å². The van der Waals surface area contributed by atoms with E-state index >= 15 is 0 Å². The van der Waals surface area contributed by atoms with Crippen molar-refractivity contribution in [3.05, 3.63) is 0 Å². The predicted octanol–water partition coefficient (Wildman–Crippen LogP) is 1.20. The number of hydrogen-bond donors (Lipinski definition) is 0. The van der Waals surface area contributed by atoms with Crippen LogP contribution in [0.1, 0.15) is 20.3 Å². The minimum absolute atomic E-state index is 0.137. The van der Waals surface area contributed by atoms with E-state index in [0.29, 0.717) is 0 Å². The maximum Gasteiger partial charge on any atom is 0.323 e. The largest absolute Gasteiger partial charge is 0.400 e. The van der Waals surface area contributed by atoms with Crippen molar-refractivity contribution >= 4 is 9.28 Å². The van der Waals surface area contributed by atoms with Gasteiger partial charge in [-0.05, 0) is 27.4 Å². The highest BCUT2D eigenvalue weighted by Crippen LogP contribution is 2.12. The van der Waals surface area contributed by atoms with Crippen LogP contribution in [0.3, 0.4) is 0 Å². The molecule has 92 valence electrons. The lowest BCUT2D eigenvalue weighted by atomic mass is 10.3. The molecular formula is C10H25NO3Si. The second-order valence-corrected chi connectivity index (χ2v) is 6.14. The Morgan fingerprint density at radius 3 is 2.07 bits per heavy atom. The highest BCUT2D eigenvalue weighted by molar-refractivity contribution is 6.44. The van der Waals surface area contributed by atoms with Crippen LogP contribution < -0.4 is 0 Å². The van der Waals surface area contributed by atoms with Gasteiger partial charge < -0.3 is 13.6 Å². The SMILES string of the molecule is CCC(C[SiH](OC)OC)OC(C)N(C)C. The van der Waals surface area contributed by atoms with Crippen molar-refractivity contribution in [2.75, 3.05) is 28.3 Å². The molecule has 0 spiro atoms. The first-order chi connectivity index (χ1) is 7.04. The van der Waals surface area contributed by atoms with Gasteiger partial charge >= 0.3 is 9.28 Å². The predicted molar refractivity (Wildman–Crippen MR) is 64.3 cm³/mol. The van der Waals surface area contributed by atoms with Crippen molar-refractivity contribution in [3.63, 3.8) is 0 Å². The molecule has 2 atom stereocenters. The molecule has 4 nitrogen and oxygen atoms in total. The molecule has 15 heavy (non-hydrogen) atoms. The average Bonchev–Trinajstić information content (AvgIpc) is 2.23. The Bertz CT molecular complexity index is 150. The highest BCUT2D eigenvalue weighted by atomic mass is 28.3. The van der Waals surface area contributed by atoms with E-state index in [9.17, 15) is 0 Å². The molecule has 0 aliphatic carbocycles. The Morgan fingerprint density at radius 1 is 1.20 bits per heavy atom. The van der Waals surface area contributed by atoms with E-state index in [1.807, 2.05) is 14.1 Å². The van der Waals surface area contributed by atoms with E-state index in [-0.39, 0.29) is 12.3 Å². The molecule has 5 heteroatoms. The van der Waals surface area contributed by atoms with Gasteiger partial charge in [-0.25, -0.2) is 0 Å². The fourth-order valence-electron chi connectivity index (χ4n) is 1.22. The van der Waals surface area contributed by atoms with Crippen molar-refractivity contribution in [2.24, 2.45) is 0 Å². The van der Waals surface area contributed by atoms with Gasteiger partial charge in [0.25, 0.3) is 0 Å². The lowest BCUT2D eigenvalue weighted by molar-refractivity contribution is -0.0664.